The van der Waals surface area contributed by atoms with Gasteiger partial charge in [-0.05, 0) is 19.1 Å². The number of nitrogens with zero attached hydrogens (tertiary/aromatic N) is 2. The maximum absolute atomic E-state index is 12.1. The van der Waals surface area contributed by atoms with Crippen LogP contribution in [0.3, 0.4) is 0 Å². The van der Waals surface area contributed by atoms with Gasteiger partial charge in [-0.15, -0.1) is 0 Å². The summed E-state index contributed by atoms with van der Waals surface area (Å²) in [5.41, 5.74) is 0.840. The third-order valence-corrected chi connectivity index (χ3v) is 3.66. The molecular weight excluding hydrogens is 254 g/mol. The number of para-hydroxylation sites is 1. The van der Waals surface area contributed by atoms with Gasteiger partial charge in [0.05, 0.1) is 6.61 Å². The van der Waals surface area contributed by atoms with E-state index >= 15 is 0 Å². The molecule has 1 aromatic rings. The van der Waals surface area contributed by atoms with E-state index in [9.17, 15) is 4.79 Å². The van der Waals surface area contributed by atoms with Crippen LogP contribution in [0.2, 0.25) is 0 Å². The van der Waals surface area contributed by atoms with E-state index in [0.717, 1.165) is 38.5 Å². The molecule has 1 aromatic carbocycles. The summed E-state index contributed by atoms with van der Waals surface area (Å²) in [6, 6.07) is 9.95. The number of anilines is 1. The number of hydrogen-bond donors (Lipinski definition) is 1. The van der Waals surface area contributed by atoms with E-state index in [1.54, 1.807) is 7.11 Å². The zero-order valence-corrected chi connectivity index (χ0v) is 12.2. The van der Waals surface area contributed by atoms with Gasteiger partial charge >= 0.3 is 6.03 Å². The van der Waals surface area contributed by atoms with E-state index in [0.29, 0.717) is 6.04 Å². The quantitative estimate of drug-likeness (QED) is 0.914. The molecule has 1 aliphatic rings. The van der Waals surface area contributed by atoms with E-state index in [4.69, 9.17) is 4.74 Å². The van der Waals surface area contributed by atoms with Crippen molar-refractivity contribution in [3.63, 3.8) is 0 Å². The van der Waals surface area contributed by atoms with Crippen molar-refractivity contribution >= 4 is 11.7 Å². The Hall–Kier alpha value is -1.59. The first-order valence-corrected chi connectivity index (χ1v) is 7.04. The molecule has 2 rings (SSSR count). The monoisotopic (exact) mass is 277 g/mol. The number of piperazine rings is 1. The van der Waals surface area contributed by atoms with Crippen molar-refractivity contribution in [1.82, 2.24) is 9.80 Å². The molecule has 5 heteroatoms. The second kappa shape index (κ2) is 7.26. The van der Waals surface area contributed by atoms with Crippen LogP contribution in [0, 0.1) is 0 Å². The highest BCUT2D eigenvalue weighted by atomic mass is 16.5. The molecule has 1 N–H and O–H groups in total. The summed E-state index contributed by atoms with van der Waals surface area (Å²) in [6.45, 7) is 6.19. The maximum atomic E-state index is 12.1. The number of hydrogen-bond acceptors (Lipinski definition) is 3. The summed E-state index contributed by atoms with van der Waals surface area (Å²) in [5.74, 6) is 0. The predicted octanol–water partition coefficient (Wildman–Crippen LogP) is 1.87. The molecule has 0 saturated carbocycles. The Labute approximate surface area is 120 Å². The number of benzene rings is 1. The van der Waals surface area contributed by atoms with Crippen LogP contribution in [0.15, 0.2) is 30.3 Å². The molecule has 0 radical (unpaired) electrons. The van der Waals surface area contributed by atoms with E-state index in [-0.39, 0.29) is 6.03 Å². The summed E-state index contributed by atoms with van der Waals surface area (Å²) in [6.07, 6.45) is 0. The Morgan fingerprint density at radius 3 is 2.50 bits per heavy atom. The van der Waals surface area contributed by atoms with Gasteiger partial charge in [0, 0.05) is 45.0 Å². The first-order chi connectivity index (χ1) is 9.70. The molecule has 0 bridgehead atoms. The fraction of sp³-hybridized carbons (Fsp3) is 0.533. The molecule has 1 atom stereocenters. The summed E-state index contributed by atoms with van der Waals surface area (Å²) in [5, 5.41) is 2.92. The van der Waals surface area contributed by atoms with Crippen LogP contribution in [0.4, 0.5) is 10.5 Å². The molecule has 1 heterocycles. The number of carbonyl (C=O) groups excluding carboxylic acids is 1. The Kier molecular flexibility index (Phi) is 5.38. The Bertz CT molecular complexity index is 416. The van der Waals surface area contributed by atoms with Crippen LogP contribution in [0.25, 0.3) is 0 Å². The summed E-state index contributed by atoms with van der Waals surface area (Å²) < 4.78 is 5.18. The summed E-state index contributed by atoms with van der Waals surface area (Å²) in [4.78, 5) is 16.4. The van der Waals surface area contributed by atoms with Gasteiger partial charge in [-0.3, -0.25) is 4.90 Å². The smallest absolute Gasteiger partial charge is 0.321 e. The highest BCUT2D eigenvalue weighted by Crippen LogP contribution is 2.10. The predicted molar refractivity (Wildman–Crippen MR) is 79.9 cm³/mol. The van der Waals surface area contributed by atoms with Crippen molar-refractivity contribution in [3.8, 4) is 0 Å². The molecule has 0 aromatic heterocycles. The highest BCUT2D eigenvalue weighted by molar-refractivity contribution is 5.89. The average molecular weight is 277 g/mol. The fourth-order valence-electron chi connectivity index (χ4n) is 2.44. The lowest BCUT2D eigenvalue weighted by atomic mass is 10.2. The number of urea groups is 1. The number of amides is 2. The van der Waals surface area contributed by atoms with Crippen LogP contribution >= 0.6 is 0 Å². The van der Waals surface area contributed by atoms with Crippen molar-refractivity contribution in [3.05, 3.63) is 30.3 Å². The minimum Gasteiger partial charge on any atom is -0.383 e. The Morgan fingerprint density at radius 2 is 1.90 bits per heavy atom. The van der Waals surface area contributed by atoms with Gasteiger partial charge < -0.3 is 15.0 Å². The van der Waals surface area contributed by atoms with Gasteiger partial charge in [0.1, 0.15) is 0 Å². The molecule has 2 amide bonds. The number of ether oxygens (including phenoxy) is 1. The van der Waals surface area contributed by atoms with Crippen molar-refractivity contribution in [2.45, 2.75) is 13.0 Å². The topological polar surface area (TPSA) is 44.8 Å². The largest absolute Gasteiger partial charge is 0.383 e. The molecule has 1 saturated heterocycles. The molecule has 5 nitrogen and oxygen atoms in total. The Balaban J connectivity index is 1.80. The van der Waals surface area contributed by atoms with Crippen LogP contribution in [-0.2, 0) is 4.74 Å². The number of carbonyl (C=O) groups is 1. The first-order valence-electron chi connectivity index (χ1n) is 7.04. The number of methoxy groups -OCH3 is 1. The second-order valence-corrected chi connectivity index (χ2v) is 5.12. The van der Waals surface area contributed by atoms with Gasteiger partial charge in [-0.1, -0.05) is 18.2 Å². The van der Waals surface area contributed by atoms with Crippen LogP contribution in [0.5, 0.6) is 0 Å². The standard InChI is InChI=1S/C15H23N3O2/c1-13(12-20-2)17-8-10-18(11-9-17)15(19)16-14-6-4-3-5-7-14/h3-7,13H,8-12H2,1-2H3,(H,16,19)/t13-/m0/s1. The van der Waals surface area contributed by atoms with Gasteiger partial charge in [0.15, 0.2) is 0 Å². The first kappa shape index (κ1) is 14.8. The molecule has 0 unspecified atom stereocenters. The second-order valence-electron chi connectivity index (χ2n) is 5.12. The van der Waals surface area contributed by atoms with E-state index in [1.165, 1.54) is 0 Å². The molecule has 0 aliphatic carbocycles. The van der Waals surface area contributed by atoms with E-state index in [2.05, 4.69) is 17.1 Å². The highest BCUT2D eigenvalue weighted by Gasteiger charge is 2.23. The van der Waals surface area contributed by atoms with Gasteiger partial charge in [-0.2, -0.15) is 0 Å². The van der Waals surface area contributed by atoms with Gasteiger partial charge in [0.25, 0.3) is 0 Å². The average Bonchev–Trinajstić information content (AvgIpc) is 2.48. The maximum Gasteiger partial charge on any atom is 0.321 e. The normalized spacial score (nSPS) is 17.8. The zero-order valence-electron chi connectivity index (χ0n) is 12.2. The van der Waals surface area contributed by atoms with Gasteiger partial charge in [0.2, 0.25) is 0 Å². The molecule has 1 aliphatic heterocycles. The van der Waals surface area contributed by atoms with Gasteiger partial charge in [-0.25, -0.2) is 4.79 Å². The lowest BCUT2D eigenvalue weighted by Gasteiger charge is -2.37. The summed E-state index contributed by atoms with van der Waals surface area (Å²) in [7, 11) is 1.72. The van der Waals surface area contributed by atoms with E-state index in [1.807, 2.05) is 35.2 Å². The van der Waals surface area contributed by atoms with Crippen molar-refractivity contribution < 1.29 is 9.53 Å². The Morgan fingerprint density at radius 1 is 1.25 bits per heavy atom. The molecular formula is C15H23N3O2. The minimum absolute atomic E-state index is 0.0183. The molecule has 20 heavy (non-hydrogen) atoms. The molecule has 1 fully saturated rings. The van der Waals surface area contributed by atoms with Crippen molar-refractivity contribution in [2.75, 3.05) is 45.2 Å². The third kappa shape index (κ3) is 3.95. The van der Waals surface area contributed by atoms with Crippen LogP contribution < -0.4 is 5.32 Å². The minimum atomic E-state index is -0.0183. The molecule has 0 spiro atoms. The van der Waals surface area contributed by atoms with E-state index < -0.39 is 0 Å². The van der Waals surface area contributed by atoms with Crippen LogP contribution in [0.1, 0.15) is 6.92 Å². The zero-order chi connectivity index (χ0) is 14.4. The molecule has 110 valence electrons. The summed E-state index contributed by atoms with van der Waals surface area (Å²) >= 11 is 0. The lowest BCUT2D eigenvalue weighted by Crippen LogP contribution is -2.53. The van der Waals surface area contributed by atoms with Crippen molar-refractivity contribution in [2.24, 2.45) is 0 Å². The number of rotatable bonds is 4. The van der Waals surface area contributed by atoms with Crippen LogP contribution in [-0.4, -0.2) is 61.8 Å². The number of nitrogens with one attached hydrogen (secondary N) is 1. The fourth-order valence-corrected chi connectivity index (χ4v) is 2.44. The lowest BCUT2D eigenvalue weighted by molar-refractivity contribution is 0.0680. The van der Waals surface area contributed by atoms with Crippen molar-refractivity contribution in [1.29, 1.82) is 0 Å². The third-order valence-electron chi connectivity index (χ3n) is 3.66. The SMILES string of the molecule is COC[C@H](C)N1CCN(C(=O)Nc2ccccc2)CC1.